The summed E-state index contributed by atoms with van der Waals surface area (Å²) in [6.45, 7) is 7.22. The average molecular weight is 278 g/mol. The molecule has 0 unspecified atom stereocenters. The van der Waals surface area contributed by atoms with Crippen LogP contribution in [0.4, 0.5) is 4.39 Å². The Bertz CT molecular complexity index is 454. The monoisotopic (exact) mass is 278 g/mol. The maximum atomic E-state index is 13.5. The van der Waals surface area contributed by atoms with E-state index in [2.05, 4.69) is 24.1 Å². The van der Waals surface area contributed by atoms with Gasteiger partial charge in [0.1, 0.15) is 5.82 Å². The van der Waals surface area contributed by atoms with E-state index in [0.29, 0.717) is 18.5 Å². The van der Waals surface area contributed by atoms with Gasteiger partial charge in [-0.05, 0) is 57.8 Å². The second-order valence-electron chi connectivity index (χ2n) is 5.76. The molecular formula is C16H23FN2O. The first-order valence-electron chi connectivity index (χ1n) is 7.34. The average Bonchev–Trinajstić information content (AvgIpc) is 2.45. The molecule has 2 rings (SSSR count). The predicted octanol–water partition coefficient (Wildman–Crippen LogP) is 2.68. The molecule has 0 aliphatic carbocycles. The van der Waals surface area contributed by atoms with E-state index in [-0.39, 0.29) is 11.5 Å². The van der Waals surface area contributed by atoms with Crippen LogP contribution in [0.2, 0.25) is 0 Å². The Kier molecular flexibility index (Phi) is 5.12. The number of likely N-dealkylation sites (tertiary alicyclic amines) is 1. The zero-order chi connectivity index (χ0) is 14.5. The van der Waals surface area contributed by atoms with E-state index in [1.165, 1.54) is 12.1 Å². The second-order valence-corrected chi connectivity index (χ2v) is 5.76. The number of hydrogen-bond donors (Lipinski definition) is 1. The Labute approximate surface area is 120 Å². The zero-order valence-corrected chi connectivity index (χ0v) is 12.2. The Morgan fingerprint density at radius 3 is 2.60 bits per heavy atom. The molecule has 1 aliphatic heterocycles. The summed E-state index contributed by atoms with van der Waals surface area (Å²) in [5.41, 5.74) is 0.132. The van der Waals surface area contributed by atoms with E-state index < -0.39 is 5.82 Å². The lowest BCUT2D eigenvalue weighted by Gasteiger charge is -2.34. The minimum Gasteiger partial charge on any atom is -0.352 e. The van der Waals surface area contributed by atoms with Gasteiger partial charge in [-0.3, -0.25) is 4.79 Å². The van der Waals surface area contributed by atoms with Crippen molar-refractivity contribution in [3.63, 3.8) is 0 Å². The summed E-state index contributed by atoms with van der Waals surface area (Å²) < 4.78 is 13.5. The lowest BCUT2D eigenvalue weighted by Crippen LogP contribution is -2.41. The number of benzene rings is 1. The molecule has 4 heteroatoms. The Balaban J connectivity index is 1.79. The van der Waals surface area contributed by atoms with Gasteiger partial charge in [-0.2, -0.15) is 0 Å². The number of halogens is 1. The van der Waals surface area contributed by atoms with Gasteiger partial charge in [0.15, 0.2) is 0 Å². The van der Waals surface area contributed by atoms with Crippen LogP contribution in [0.3, 0.4) is 0 Å². The van der Waals surface area contributed by atoms with Gasteiger partial charge in [0, 0.05) is 12.6 Å². The standard InChI is InChI=1S/C16H23FN2O/c1-12(2)19-9-7-13(8-10-19)11-18-16(20)14-5-3-4-6-15(14)17/h3-6,12-13H,7-11H2,1-2H3,(H,18,20). The molecule has 1 N–H and O–H groups in total. The highest BCUT2D eigenvalue weighted by atomic mass is 19.1. The lowest BCUT2D eigenvalue weighted by molar-refractivity contribution is 0.0925. The molecule has 1 fully saturated rings. The zero-order valence-electron chi connectivity index (χ0n) is 12.2. The first kappa shape index (κ1) is 15.0. The highest BCUT2D eigenvalue weighted by molar-refractivity contribution is 5.94. The maximum absolute atomic E-state index is 13.5. The molecule has 0 saturated carbocycles. The molecule has 1 aliphatic rings. The van der Waals surface area contributed by atoms with E-state index in [0.717, 1.165) is 25.9 Å². The van der Waals surface area contributed by atoms with E-state index >= 15 is 0 Å². The van der Waals surface area contributed by atoms with Gasteiger partial charge >= 0.3 is 0 Å². The van der Waals surface area contributed by atoms with Crippen LogP contribution in [-0.2, 0) is 0 Å². The fourth-order valence-corrected chi connectivity index (χ4v) is 2.65. The number of amides is 1. The number of carbonyl (C=O) groups is 1. The Morgan fingerprint density at radius 1 is 1.35 bits per heavy atom. The summed E-state index contributed by atoms with van der Waals surface area (Å²) in [4.78, 5) is 14.4. The molecule has 1 heterocycles. The molecule has 1 amide bonds. The molecule has 0 spiro atoms. The van der Waals surface area contributed by atoms with E-state index in [4.69, 9.17) is 0 Å². The van der Waals surface area contributed by atoms with Crippen LogP contribution in [0, 0.1) is 11.7 Å². The van der Waals surface area contributed by atoms with Crippen molar-refractivity contribution in [3.8, 4) is 0 Å². The predicted molar refractivity (Wildman–Crippen MR) is 78.2 cm³/mol. The van der Waals surface area contributed by atoms with Gasteiger partial charge in [-0.25, -0.2) is 4.39 Å². The van der Waals surface area contributed by atoms with Crippen molar-refractivity contribution < 1.29 is 9.18 Å². The molecule has 0 aromatic heterocycles. The van der Waals surface area contributed by atoms with Crippen molar-refractivity contribution in [1.82, 2.24) is 10.2 Å². The fraction of sp³-hybridized carbons (Fsp3) is 0.562. The SMILES string of the molecule is CC(C)N1CCC(CNC(=O)c2ccccc2F)CC1. The van der Waals surface area contributed by atoms with Crippen LogP contribution < -0.4 is 5.32 Å². The molecule has 110 valence electrons. The summed E-state index contributed by atoms with van der Waals surface area (Å²) in [6.07, 6.45) is 2.19. The minimum absolute atomic E-state index is 0.132. The number of piperidine rings is 1. The van der Waals surface area contributed by atoms with Crippen molar-refractivity contribution in [2.45, 2.75) is 32.7 Å². The quantitative estimate of drug-likeness (QED) is 0.918. The van der Waals surface area contributed by atoms with Gasteiger partial charge < -0.3 is 10.2 Å². The molecule has 0 bridgehead atoms. The Morgan fingerprint density at radius 2 is 2.00 bits per heavy atom. The topological polar surface area (TPSA) is 32.3 Å². The highest BCUT2D eigenvalue weighted by Crippen LogP contribution is 2.18. The summed E-state index contributed by atoms with van der Waals surface area (Å²) >= 11 is 0. The van der Waals surface area contributed by atoms with Gasteiger partial charge in [0.2, 0.25) is 0 Å². The molecule has 20 heavy (non-hydrogen) atoms. The van der Waals surface area contributed by atoms with E-state index in [1.807, 2.05) is 0 Å². The van der Waals surface area contributed by atoms with Crippen LogP contribution in [0.15, 0.2) is 24.3 Å². The van der Waals surface area contributed by atoms with Crippen LogP contribution >= 0.6 is 0 Å². The van der Waals surface area contributed by atoms with Gasteiger partial charge in [0.05, 0.1) is 5.56 Å². The van der Waals surface area contributed by atoms with E-state index in [9.17, 15) is 9.18 Å². The molecule has 1 aromatic carbocycles. The number of rotatable bonds is 4. The minimum atomic E-state index is -0.459. The molecule has 0 radical (unpaired) electrons. The summed E-state index contributed by atoms with van der Waals surface area (Å²) in [5, 5.41) is 2.86. The third-order valence-corrected chi connectivity index (χ3v) is 4.05. The van der Waals surface area contributed by atoms with Crippen LogP contribution in [0.25, 0.3) is 0 Å². The molecule has 0 atom stereocenters. The van der Waals surface area contributed by atoms with Crippen LogP contribution in [0.5, 0.6) is 0 Å². The molecular weight excluding hydrogens is 255 g/mol. The van der Waals surface area contributed by atoms with Gasteiger partial charge in [0.25, 0.3) is 5.91 Å². The summed E-state index contributed by atoms with van der Waals surface area (Å²) in [5.74, 6) is -0.269. The third kappa shape index (κ3) is 3.79. The normalized spacial score (nSPS) is 17.4. The van der Waals surface area contributed by atoms with Crippen LogP contribution in [-0.4, -0.2) is 36.5 Å². The fourth-order valence-electron chi connectivity index (χ4n) is 2.65. The van der Waals surface area contributed by atoms with Crippen LogP contribution in [0.1, 0.15) is 37.0 Å². The first-order chi connectivity index (χ1) is 9.58. The smallest absolute Gasteiger partial charge is 0.254 e. The summed E-state index contributed by atoms with van der Waals surface area (Å²) in [6, 6.07) is 6.69. The summed E-state index contributed by atoms with van der Waals surface area (Å²) in [7, 11) is 0. The number of nitrogens with zero attached hydrogens (tertiary/aromatic N) is 1. The maximum Gasteiger partial charge on any atom is 0.254 e. The molecule has 1 saturated heterocycles. The second kappa shape index (κ2) is 6.84. The van der Waals surface area contributed by atoms with Gasteiger partial charge in [-0.15, -0.1) is 0 Å². The molecule has 1 aromatic rings. The van der Waals surface area contributed by atoms with Crippen molar-refractivity contribution >= 4 is 5.91 Å². The van der Waals surface area contributed by atoms with Crippen molar-refractivity contribution in [2.75, 3.05) is 19.6 Å². The Hall–Kier alpha value is -1.42. The first-order valence-corrected chi connectivity index (χ1v) is 7.34. The van der Waals surface area contributed by atoms with Crippen molar-refractivity contribution in [2.24, 2.45) is 5.92 Å². The van der Waals surface area contributed by atoms with Crippen molar-refractivity contribution in [1.29, 1.82) is 0 Å². The third-order valence-electron chi connectivity index (χ3n) is 4.05. The molecule has 3 nitrogen and oxygen atoms in total. The number of hydrogen-bond acceptors (Lipinski definition) is 2. The van der Waals surface area contributed by atoms with E-state index in [1.54, 1.807) is 12.1 Å². The lowest BCUT2D eigenvalue weighted by atomic mass is 9.96. The largest absolute Gasteiger partial charge is 0.352 e. The number of nitrogens with one attached hydrogen (secondary N) is 1. The number of carbonyl (C=O) groups excluding carboxylic acids is 1. The van der Waals surface area contributed by atoms with Crippen molar-refractivity contribution in [3.05, 3.63) is 35.6 Å². The van der Waals surface area contributed by atoms with Gasteiger partial charge in [-0.1, -0.05) is 12.1 Å². The highest BCUT2D eigenvalue weighted by Gasteiger charge is 2.21.